The van der Waals surface area contributed by atoms with Gasteiger partial charge < -0.3 is 15.6 Å². The fraction of sp³-hybridized carbons (Fsp3) is 0.417. The molecular weight excluding hydrogens is 468 g/mol. The van der Waals surface area contributed by atoms with Gasteiger partial charge in [0.1, 0.15) is 5.00 Å². The monoisotopic (exact) mass is 498 g/mol. The molecule has 0 unspecified atom stereocenters. The number of aromatic nitrogens is 3. The summed E-state index contributed by atoms with van der Waals surface area (Å²) in [5.74, 6) is 0.364. The van der Waals surface area contributed by atoms with Gasteiger partial charge in [-0.25, -0.2) is 0 Å². The maximum atomic E-state index is 12.8. The number of primary amides is 1. The van der Waals surface area contributed by atoms with Gasteiger partial charge in [-0.1, -0.05) is 49.0 Å². The highest BCUT2D eigenvalue weighted by atomic mass is 32.2. The Morgan fingerprint density at radius 3 is 2.68 bits per heavy atom. The van der Waals surface area contributed by atoms with Crippen molar-refractivity contribution in [3.63, 3.8) is 0 Å². The van der Waals surface area contributed by atoms with Crippen LogP contribution in [0.25, 0.3) is 0 Å². The fourth-order valence-electron chi connectivity index (χ4n) is 4.39. The maximum absolute atomic E-state index is 12.8. The highest BCUT2D eigenvalue weighted by Crippen LogP contribution is 2.39. The average molecular weight is 499 g/mol. The van der Waals surface area contributed by atoms with Crippen LogP contribution in [-0.2, 0) is 24.2 Å². The lowest BCUT2D eigenvalue weighted by Crippen LogP contribution is -2.23. The molecule has 10 heteroatoms. The minimum absolute atomic E-state index is 0.117. The third kappa shape index (κ3) is 5.18. The lowest BCUT2D eigenvalue weighted by atomic mass is 10.1. The normalized spacial score (nSPS) is 13.8. The van der Waals surface area contributed by atoms with E-state index in [0.29, 0.717) is 22.3 Å². The number of thioether (sulfide) groups is 1. The molecule has 4 rings (SSSR count). The minimum atomic E-state index is -0.483. The molecule has 3 aromatic rings. The summed E-state index contributed by atoms with van der Waals surface area (Å²) in [6, 6.07) is 10.3. The van der Waals surface area contributed by atoms with E-state index in [9.17, 15) is 9.59 Å². The van der Waals surface area contributed by atoms with Crippen LogP contribution in [-0.4, -0.2) is 51.3 Å². The van der Waals surface area contributed by atoms with Crippen molar-refractivity contribution in [2.45, 2.75) is 50.4 Å². The number of hydrogen-bond donors (Lipinski definition) is 2. The van der Waals surface area contributed by atoms with Gasteiger partial charge in [-0.15, -0.1) is 21.5 Å². The van der Waals surface area contributed by atoms with Crippen LogP contribution in [0.15, 0.2) is 35.5 Å². The molecular formula is C24H30N6O2S2. The smallest absolute Gasteiger partial charge is 0.251 e. The first-order valence-electron chi connectivity index (χ1n) is 11.4. The number of carbonyl (C=O) groups excluding carboxylic acids is 2. The number of amides is 2. The Hall–Kier alpha value is -2.69. The number of benzene rings is 1. The molecule has 0 bridgehead atoms. The molecule has 8 nitrogen and oxygen atoms in total. The summed E-state index contributed by atoms with van der Waals surface area (Å²) in [6.45, 7) is 2.75. The SMILES string of the molecule is CC[C@H](c1nnc(SCC(=O)Nc2sc3c(c2C(N)=O)CCC3)n1Cc1ccccc1)N(C)C. The average Bonchev–Trinajstić information content (AvgIpc) is 3.48. The Labute approximate surface area is 207 Å². The molecule has 1 aromatic carbocycles. The van der Waals surface area contributed by atoms with E-state index in [1.165, 1.54) is 23.1 Å². The van der Waals surface area contributed by atoms with E-state index in [2.05, 4.69) is 44.0 Å². The fourth-order valence-corrected chi connectivity index (χ4v) is 6.45. The molecule has 1 atom stereocenters. The van der Waals surface area contributed by atoms with E-state index < -0.39 is 5.91 Å². The van der Waals surface area contributed by atoms with Crippen LogP contribution < -0.4 is 11.1 Å². The van der Waals surface area contributed by atoms with Gasteiger partial charge in [0.05, 0.1) is 23.9 Å². The summed E-state index contributed by atoms with van der Waals surface area (Å²) in [5, 5.41) is 13.1. The second kappa shape index (κ2) is 10.7. The van der Waals surface area contributed by atoms with Gasteiger partial charge in [0.15, 0.2) is 11.0 Å². The Kier molecular flexibility index (Phi) is 7.70. The van der Waals surface area contributed by atoms with Crippen molar-refractivity contribution in [3.05, 3.63) is 57.7 Å². The number of nitrogens with zero attached hydrogens (tertiary/aromatic N) is 4. The third-order valence-electron chi connectivity index (χ3n) is 5.99. The van der Waals surface area contributed by atoms with E-state index >= 15 is 0 Å². The second-order valence-electron chi connectivity index (χ2n) is 8.56. The number of hydrogen-bond acceptors (Lipinski definition) is 7. The van der Waals surface area contributed by atoms with Crippen LogP contribution >= 0.6 is 23.1 Å². The van der Waals surface area contributed by atoms with Gasteiger partial charge in [0.25, 0.3) is 5.91 Å². The van der Waals surface area contributed by atoms with Gasteiger partial charge in [0, 0.05) is 4.88 Å². The zero-order chi connectivity index (χ0) is 24.2. The zero-order valence-electron chi connectivity index (χ0n) is 19.7. The van der Waals surface area contributed by atoms with Crippen LogP contribution in [0.2, 0.25) is 0 Å². The van der Waals surface area contributed by atoms with Crippen LogP contribution in [0.4, 0.5) is 5.00 Å². The summed E-state index contributed by atoms with van der Waals surface area (Å²) in [4.78, 5) is 28.1. The summed E-state index contributed by atoms with van der Waals surface area (Å²) < 4.78 is 2.09. The molecule has 1 aliphatic rings. The number of aryl methyl sites for hydroxylation is 1. The van der Waals surface area contributed by atoms with Crippen molar-refractivity contribution in [1.82, 2.24) is 19.7 Å². The molecule has 0 radical (unpaired) electrons. The van der Waals surface area contributed by atoms with E-state index in [1.807, 2.05) is 32.3 Å². The largest absolute Gasteiger partial charge is 0.365 e. The molecule has 3 N–H and O–H groups in total. The Morgan fingerprint density at radius 2 is 2.00 bits per heavy atom. The summed E-state index contributed by atoms with van der Waals surface area (Å²) in [7, 11) is 4.06. The predicted molar refractivity (Wildman–Crippen MR) is 137 cm³/mol. The Bertz CT molecular complexity index is 1170. The highest BCUT2D eigenvalue weighted by molar-refractivity contribution is 7.99. The van der Waals surface area contributed by atoms with Gasteiger partial charge >= 0.3 is 0 Å². The van der Waals surface area contributed by atoms with Crippen molar-refractivity contribution < 1.29 is 9.59 Å². The van der Waals surface area contributed by atoms with Crippen molar-refractivity contribution in [1.29, 1.82) is 0 Å². The summed E-state index contributed by atoms with van der Waals surface area (Å²) in [6.07, 6.45) is 3.69. The number of rotatable bonds is 10. The lowest BCUT2D eigenvalue weighted by molar-refractivity contribution is -0.113. The molecule has 2 amide bonds. The van der Waals surface area contributed by atoms with Crippen molar-refractivity contribution in [2.75, 3.05) is 25.2 Å². The van der Waals surface area contributed by atoms with Gasteiger partial charge in [-0.2, -0.15) is 0 Å². The molecule has 1 aliphatic carbocycles. The molecule has 0 aliphatic heterocycles. The molecule has 0 saturated carbocycles. The highest BCUT2D eigenvalue weighted by Gasteiger charge is 2.27. The zero-order valence-corrected chi connectivity index (χ0v) is 21.3. The van der Waals surface area contributed by atoms with Crippen molar-refractivity contribution in [3.8, 4) is 0 Å². The second-order valence-corrected chi connectivity index (χ2v) is 10.6. The molecule has 34 heavy (non-hydrogen) atoms. The van der Waals surface area contributed by atoms with E-state index in [4.69, 9.17) is 5.73 Å². The van der Waals surface area contributed by atoms with Gasteiger partial charge in [0.2, 0.25) is 5.91 Å². The van der Waals surface area contributed by atoms with Crippen molar-refractivity contribution >= 4 is 39.9 Å². The molecule has 0 fully saturated rings. The molecule has 2 aromatic heterocycles. The first-order valence-corrected chi connectivity index (χ1v) is 13.2. The number of nitrogens with two attached hydrogens (primary N) is 1. The van der Waals surface area contributed by atoms with Crippen LogP contribution in [0, 0.1) is 0 Å². The van der Waals surface area contributed by atoms with E-state index in [0.717, 1.165) is 47.5 Å². The molecule has 0 spiro atoms. The summed E-state index contributed by atoms with van der Waals surface area (Å²) >= 11 is 2.81. The Balaban J connectivity index is 1.52. The number of nitrogens with one attached hydrogen (secondary N) is 1. The summed E-state index contributed by atoms with van der Waals surface area (Å²) in [5.41, 5.74) is 8.24. The molecule has 2 heterocycles. The van der Waals surface area contributed by atoms with E-state index in [1.54, 1.807) is 0 Å². The Morgan fingerprint density at radius 1 is 1.24 bits per heavy atom. The minimum Gasteiger partial charge on any atom is -0.365 e. The number of carbonyl (C=O) groups is 2. The van der Waals surface area contributed by atoms with E-state index in [-0.39, 0.29) is 17.7 Å². The molecule has 180 valence electrons. The molecule has 0 saturated heterocycles. The van der Waals surface area contributed by atoms with Crippen LogP contribution in [0.3, 0.4) is 0 Å². The topological polar surface area (TPSA) is 106 Å². The first-order chi connectivity index (χ1) is 16.4. The number of fused-ring (bicyclic) bond motifs is 1. The lowest BCUT2D eigenvalue weighted by Gasteiger charge is -2.23. The first kappa shape index (κ1) is 24.4. The predicted octanol–water partition coefficient (Wildman–Crippen LogP) is 3.72. The third-order valence-corrected chi connectivity index (χ3v) is 8.16. The number of thiophene rings is 1. The maximum Gasteiger partial charge on any atom is 0.251 e. The van der Waals surface area contributed by atoms with Crippen molar-refractivity contribution in [2.24, 2.45) is 5.73 Å². The van der Waals surface area contributed by atoms with Crippen LogP contribution in [0.1, 0.15) is 58.0 Å². The van der Waals surface area contributed by atoms with Crippen LogP contribution in [0.5, 0.6) is 0 Å². The number of anilines is 1. The quantitative estimate of drug-likeness (QED) is 0.413. The standard InChI is InChI=1S/C24H30N6O2S2/c1-4-17(29(2)3)22-27-28-24(30(22)13-15-9-6-5-7-10-15)33-14-19(31)26-23-20(21(25)32)16-11-8-12-18(16)34-23/h5-7,9-10,17H,4,8,11-14H2,1-3H3,(H2,25,32)(H,26,31)/t17-/m1/s1. The van der Waals surface area contributed by atoms with Gasteiger partial charge in [-0.05, 0) is 50.9 Å². The van der Waals surface area contributed by atoms with Gasteiger partial charge in [-0.3, -0.25) is 14.5 Å².